The number of ether oxygens (including phenoxy) is 1. The zero-order valence-corrected chi connectivity index (χ0v) is 20.4. The van der Waals surface area contributed by atoms with Gasteiger partial charge in [-0.05, 0) is 69.9 Å². The molecule has 2 aromatic heterocycles. The van der Waals surface area contributed by atoms with Gasteiger partial charge >= 0.3 is 6.09 Å². The van der Waals surface area contributed by atoms with E-state index in [-0.39, 0.29) is 6.61 Å². The number of rotatable bonds is 5. The number of hydrogen-bond acceptors (Lipinski definition) is 4. The Kier molecular flexibility index (Phi) is 6.65. The van der Waals surface area contributed by atoms with E-state index in [1.807, 2.05) is 61.5 Å². The molecule has 0 aliphatic rings. The molecule has 0 saturated carbocycles. The number of fused-ring (bicyclic) bond motifs is 1. The van der Waals surface area contributed by atoms with Crippen LogP contribution in [0.5, 0.6) is 0 Å². The third kappa shape index (κ3) is 4.44. The lowest BCUT2D eigenvalue weighted by molar-refractivity contribution is 0.155. The summed E-state index contributed by atoms with van der Waals surface area (Å²) in [5.41, 5.74) is 5.27. The van der Waals surface area contributed by atoms with Crippen molar-refractivity contribution in [3.05, 3.63) is 71.2 Å². The Morgan fingerprint density at radius 1 is 1.09 bits per heavy atom. The van der Waals surface area contributed by atoms with Crippen molar-refractivity contribution < 1.29 is 13.7 Å². The summed E-state index contributed by atoms with van der Waals surface area (Å²) in [6, 6.07) is 18.6. The lowest BCUT2D eigenvalue weighted by Crippen LogP contribution is -2.15. The molecule has 0 amide bonds. The molecule has 170 valence electrons. The summed E-state index contributed by atoms with van der Waals surface area (Å²) < 4.78 is 20.9. The van der Waals surface area contributed by atoms with E-state index in [1.54, 1.807) is 31.4 Å². The molecule has 2 heterocycles. The Balaban J connectivity index is 1.86. The Morgan fingerprint density at radius 3 is 2.52 bits per heavy atom. The second kappa shape index (κ2) is 9.47. The van der Waals surface area contributed by atoms with Gasteiger partial charge in [0.05, 0.1) is 33.9 Å². The molecule has 4 rings (SSSR count). The molecule has 6 nitrogen and oxygen atoms in total. The fourth-order valence-electron chi connectivity index (χ4n) is 3.73. The minimum absolute atomic E-state index is 0.256. The summed E-state index contributed by atoms with van der Waals surface area (Å²) in [7, 11) is 2.34. The van der Waals surface area contributed by atoms with Gasteiger partial charge < -0.3 is 4.74 Å². The van der Waals surface area contributed by atoms with Crippen molar-refractivity contribution >= 4 is 39.7 Å². The Bertz CT molecular complexity index is 1380. The fourth-order valence-corrected chi connectivity index (χ4v) is 4.85. The van der Waals surface area contributed by atoms with Crippen molar-refractivity contribution in [1.82, 2.24) is 13.9 Å². The van der Waals surface area contributed by atoms with Crippen LogP contribution in [0.1, 0.15) is 12.5 Å². The number of aromatic nitrogens is 2. The van der Waals surface area contributed by atoms with Crippen LogP contribution in [-0.4, -0.2) is 44.9 Å². The summed E-state index contributed by atoms with van der Waals surface area (Å²) in [5.74, 6) is 0. The van der Waals surface area contributed by atoms with Crippen LogP contribution in [0.2, 0.25) is 5.02 Å². The summed E-state index contributed by atoms with van der Waals surface area (Å²) in [5, 5.41) is 0.534. The maximum Gasteiger partial charge on any atom is 0.419 e. The first-order valence-corrected chi connectivity index (χ1v) is 11.9. The van der Waals surface area contributed by atoms with Crippen LogP contribution in [0.25, 0.3) is 33.5 Å². The normalized spacial score (nSPS) is 12.3. The van der Waals surface area contributed by atoms with Crippen molar-refractivity contribution in [3.63, 3.8) is 0 Å². The minimum Gasteiger partial charge on any atom is -0.449 e. The first kappa shape index (κ1) is 23.2. The topological polar surface area (TPSA) is 64.4 Å². The van der Waals surface area contributed by atoms with E-state index >= 15 is 0 Å². The summed E-state index contributed by atoms with van der Waals surface area (Å²) in [6.07, 6.45) is -0.483. The standard InChI is InChI=1S/C25H24ClN3O3S/c1-5-32-25(30)29-23-13-12-21(18-11-10-17(14-16(18)2)33(31)28(3)4)27-22(23)15-24(29)19-8-6-7-9-20(19)26/h6-15H,5H2,1-4H3. The van der Waals surface area contributed by atoms with Crippen LogP contribution in [0.4, 0.5) is 4.79 Å². The predicted octanol–water partition coefficient (Wildman–Crippen LogP) is 5.92. The highest BCUT2D eigenvalue weighted by atomic mass is 35.5. The molecule has 33 heavy (non-hydrogen) atoms. The van der Waals surface area contributed by atoms with Crippen molar-refractivity contribution in [2.75, 3.05) is 20.7 Å². The summed E-state index contributed by atoms with van der Waals surface area (Å²) in [4.78, 5) is 18.4. The van der Waals surface area contributed by atoms with Gasteiger partial charge in [0, 0.05) is 16.1 Å². The van der Waals surface area contributed by atoms with Crippen molar-refractivity contribution in [1.29, 1.82) is 0 Å². The van der Waals surface area contributed by atoms with Crippen molar-refractivity contribution in [3.8, 4) is 22.5 Å². The molecule has 4 aromatic rings. The van der Waals surface area contributed by atoms with Gasteiger partial charge in [0.25, 0.3) is 0 Å². The maximum atomic E-state index is 12.8. The Hall–Kier alpha value is -3.00. The summed E-state index contributed by atoms with van der Waals surface area (Å²) >= 11 is 6.44. The Morgan fingerprint density at radius 2 is 1.85 bits per heavy atom. The maximum absolute atomic E-state index is 12.8. The van der Waals surface area contributed by atoms with Gasteiger partial charge in [-0.2, -0.15) is 0 Å². The molecule has 1 atom stereocenters. The molecule has 0 spiro atoms. The van der Waals surface area contributed by atoms with Crippen LogP contribution in [0, 0.1) is 6.92 Å². The fraction of sp³-hybridized carbons (Fsp3) is 0.200. The van der Waals surface area contributed by atoms with E-state index in [1.165, 1.54) is 4.57 Å². The number of aryl methyl sites for hydroxylation is 1. The van der Waals surface area contributed by atoms with Crippen LogP contribution < -0.4 is 0 Å². The zero-order chi connectivity index (χ0) is 23.7. The van der Waals surface area contributed by atoms with Crippen LogP contribution in [-0.2, 0) is 15.7 Å². The molecule has 0 aliphatic heterocycles. The number of nitrogens with zero attached hydrogens (tertiary/aromatic N) is 3. The van der Waals surface area contributed by atoms with Gasteiger partial charge in [-0.3, -0.25) is 0 Å². The highest BCUT2D eigenvalue weighted by molar-refractivity contribution is 7.82. The van der Waals surface area contributed by atoms with Gasteiger partial charge in [0.15, 0.2) is 0 Å². The number of hydrogen-bond donors (Lipinski definition) is 0. The molecular weight excluding hydrogens is 458 g/mol. The van der Waals surface area contributed by atoms with Crippen LogP contribution >= 0.6 is 11.6 Å². The average molecular weight is 482 g/mol. The van der Waals surface area contributed by atoms with Crippen molar-refractivity contribution in [2.24, 2.45) is 0 Å². The van der Waals surface area contributed by atoms with E-state index in [0.29, 0.717) is 21.7 Å². The van der Waals surface area contributed by atoms with Gasteiger partial charge in [-0.15, -0.1) is 0 Å². The number of benzene rings is 2. The number of carbonyl (C=O) groups excluding carboxylic acids is 1. The Labute approximate surface area is 200 Å². The zero-order valence-electron chi connectivity index (χ0n) is 18.8. The molecule has 0 N–H and O–H groups in total. The van der Waals surface area contributed by atoms with Gasteiger partial charge in [0.1, 0.15) is 11.0 Å². The molecule has 1 unspecified atom stereocenters. The quantitative estimate of drug-likeness (QED) is 0.355. The van der Waals surface area contributed by atoms with Gasteiger partial charge in [-0.1, -0.05) is 35.9 Å². The molecule has 0 fully saturated rings. The smallest absolute Gasteiger partial charge is 0.419 e. The number of halogens is 1. The molecule has 0 saturated heterocycles. The van der Waals surface area contributed by atoms with Crippen LogP contribution in [0.3, 0.4) is 0 Å². The van der Waals surface area contributed by atoms with Gasteiger partial charge in [-0.25, -0.2) is 22.9 Å². The van der Waals surface area contributed by atoms with Gasteiger partial charge in [0.2, 0.25) is 0 Å². The molecule has 0 bridgehead atoms. The molecule has 0 aliphatic carbocycles. The highest BCUT2D eigenvalue weighted by Crippen LogP contribution is 2.34. The van der Waals surface area contributed by atoms with E-state index in [9.17, 15) is 9.00 Å². The predicted molar refractivity (Wildman–Crippen MR) is 133 cm³/mol. The second-order valence-corrected chi connectivity index (χ2v) is 9.79. The van der Waals surface area contributed by atoms with Crippen LogP contribution in [0.15, 0.2) is 65.6 Å². The minimum atomic E-state index is -1.22. The monoisotopic (exact) mass is 481 g/mol. The first-order chi connectivity index (χ1) is 15.8. The SMILES string of the molecule is CCOC(=O)n1c(-c2ccccc2Cl)cc2nc(-c3ccc(S(=O)N(C)C)cc3C)ccc21. The number of pyridine rings is 1. The number of carbonyl (C=O) groups is 1. The lowest BCUT2D eigenvalue weighted by Gasteiger charge is -2.12. The highest BCUT2D eigenvalue weighted by Gasteiger charge is 2.20. The van der Waals surface area contributed by atoms with Crippen molar-refractivity contribution in [2.45, 2.75) is 18.7 Å². The summed E-state index contributed by atoms with van der Waals surface area (Å²) in [6.45, 7) is 3.99. The first-order valence-electron chi connectivity index (χ1n) is 10.5. The second-order valence-electron chi connectivity index (χ2n) is 7.68. The molecule has 2 aromatic carbocycles. The van der Waals surface area contributed by atoms with E-state index in [0.717, 1.165) is 27.3 Å². The lowest BCUT2D eigenvalue weighted by atomic mass is 10.1. The molecular formula is C25H24ClN3O3S. The third-order valence-corrected chi connectivity index (χ3v) is 6.92. The molecule has 8 heteroatoms. The van der Waals surface area contributed by atoms with E-state index in [4.69, 9.17) is 21.3 Å². The third-order valence-electron chi connectivity index (χ3n) is 5.26. The molecule has 0 radical (unpaired) electrons. The average Bonchev–Trinajstić information content (AvgIpc) is 3.17. The van der Waals surface area contributed by atoms with E-state index in [2.05, 4.69) is 0 Å². The van der Waals surface area contributed by atoms with E-state index < -0.39 is 17.1 Å². The largest absolute Gasteiger partial charge is 0.449 e.